The van der Waals surface area contributed by atoms with Crippen molar-refractivity contribution in [3.63, 3.8) is 0 Å². The fraction of sp³-hybridized carbons (Fsp3) is 0.500. The Bertz CT molecular complexity index is 910. The van der Waals surface area contributed by atoms with Crippen molar-refractivity contribution in [1.82, 2.24) is 14.8 Å². The van der Waals surface area contributed by atoms with E-state index in [1.165, 1.54) is 0 Å². The highest BCUT2D eigenvalue weighted by Crippen LogP contribution is 2.40. The zero-order chi connectivity index (χ0) is 21.5. The van der Waals surface area contributed by atoms with Crippen LogP contribution in [0.25, 0.3) is 0 Å². The van der Waals surface area contributed by atoms with Crippen molar-refractivity contribution in [3.8, 4) is 5.75 Å². The van der Waals surface area contributed by atoms with Gasteiger partial charge in [-0.15, -0.1) is 5.10 Å². The number of hydrogen-bond acceptors (Lipinski definition) is 7. The summed E-state index contributed by atoms with van der Waals surface area (Å²) < 4.78 is 13.4. The van der Waals surface area contributed by atoms with Crippen molar-refractivity contribution in [2.45, 2.75) is 58.2 Å². The molecule has 1 aromatic heterocycles. The first-order valence-corrected chi connectivity index (χ1v) is 11.5. The Labute approximate surface area is 182 Å². The van der Waals surface area contributed by atoms with Crippen LogP contribution in [0.15, 0.2) is 40.7 Å². The highest BCUT2D eigenvalue weighted by Gasteiger charge is 2.36. The Hall–Kier alpha value is -2.48. The summed E-state index contributed by atoms with van der Waals surface area (Å²) in [6.45, 7) is 9.04. The second kappa shape index (κ2) is 10.5. The van der Waals surface area contributed by atoms with E-state index in [9.17, 15) is 4.79 Å². The molecule has 0 saturated carbocycles. The molecule has 1 aliphatic heterocycles. The topological polar surface area (TPSA) is 78.3 Å². The van der Waals surface area contributed by atoms with E-state index in [0.29, 0.717) is 29.9 Å². The van der Waals surface area contributed by atoms with Crippen molar-refractivity contribution in [2.24, 2.45) is 0 Å². The number of fused-ring (bicyclic) bond motifs is 1. The lowest BCUT2D eigenvalue weighted by molar-refractivity contribution is -0.139. The van der Waals surface area contributed by atoms with Crippen LogP contribution in [-0.2, 0) is 9.53 Å². The zero-order valence-corrected chi connectivity index (χ0v) is 18.9. The number of allylic oxidation sites excluding steroid dienone is 1. The summed E-state index contributed by atoms with van der Waals surface area (Å²) in [6, 6.07) is 7.35. The summed E-state index contributed by atoms with van der Waals surface area (Å²) in [5.41, 5.74) is 2.12. The minimum absolute atomic E-state index is 0.346. The van der Waals surface area contributed by atoms with Crippen molar-refractivity contribution < 1.29 is 14.3 Å². The molecular formula is C22H30N4O3S. The van der Waals surface area contributed by atoms with Gasteiger partial charge < -0.3 is 14.8 Å². The predicted octanol–water partition coefficient (Wildman–Crippen LogP) is 4.81. The third-order valence-electron chi connectivity index (χ3n) is 4.73. The van der Waals surface area contributed by atoms with Crippen molar-refractivity contribution >= 4 is 23.7 Å². The number of esters is 1. The molecule has 7 nitrogen and oxygen atoms in total. The van der Waals surface area contributed by atoms with E-state index in [-0.39, 0.29) is 5.97 Å². The molecule has 8 heteroatoms. The van der Waals surface area contributed by atoms with E-state index in [1.54, 1.807) is 16.4 Å². The predicted molar refractivity (Wildman–Crippen MR) is 119 cm³/mol. The number of rotatable bonds is 10. The normalized spacial score (nSPS) is 15.5. The molecule has 1 atom stereocenters. The first kappa shape index (κ1) is 22.2. The number of nitrogens with zero attached hydrogens (tertiary/aromatic N) is 3. The number of benzene rings is 1. The minimum atomic E-state index is -0.470. The molecule has 0 radical (unpaired) electrons. The molecule has 1 aliphatic rings. The van der Waals surface area contributed by atoms with Gasteiger partial charge >= 0.3 is 5.97 Å². The summed E-state index contributed by atoms with van der Waals surface area (Å²) in [6.07, 6.45) is 2.78. The van der Waals surface area contributed by atoms with E-state index in [2.05, 4.69) is 24.1 Å². The Morgan fingerprint density at radius 2 is 2.00 bits per heavy atom. The Kier molecular flexibility index (Phi) is 7.79. The van der Waals surface area contributed by atoms with Crippen LogP contribution in [0.1, 0.15) is 58.6 Å². The van der Waals surface area contributed by atoms with Gasteiger partial charge in [-0.1, -0.05) is 57.2 Å². The molecule has 0 saturated heterocycles. The van der Waals surface area contributed by atoms with Crippen LogP contribution in [0.3, 0.4) is 0 Å². The fourth-order valence-corrected chi connectivity index (χ4v) is 3.87. The van der Waals surface area contributed by atoms with Crippen molar-refractivity contribution in [3.05, 3.63) is 41.1 Å². The Balaban J connectivity index is 2.08. The Morgan fingerprint density at radius 1 is 1.20 bits per heavy atom. The van der Waals surface area contributed by atoms with Gasteiger partial charge in [0.1, 0.15) is 11.8 Å². The molecule has 162 valence electrons. The lowest BCUT2D eigenvalue weighted by Gasteiger charge is -2.29. The molecule has 2 heterocycles. The summed E-state index contributed by atoms with van der Waals surface area (Å²) in [4.78, 5) is 17.6. The van der Waals surface area contributed by atoms with Crippen LogP contribution in [0, 0.1) is 0 Å². The molecule has 1 unspecified atom stereocenters. The molecule has 0 spiro atoms. The molecule has 1 aromatic carbocycles. The van der Waals surface area contributed by atoms with Gasteiger partial charge in [-0.3, -0.25) is 0 Å². The first-order valence-electron chi connectivity index (χ1n) is 10.6. The molecule has 0 aliphatic carbocycles. The Morgan fingerprint density at radius 3 is 2.73 bits per heavy atom. The number of para-hydroxylation sites is 1. The molecule has 3 rings (SSSR count). The van der Waals surface area contributed by atoms with E-state index in [0.717, 1.165) is 42.0 Å². The zero-order valence-electron chi connectivity index (χ0n) is 18.1. The first-order chi connectivity index (χ1) is 14.6. The number of thioether (sulfide) groups is 1. The lowest BCUT2D eigenvalue weighted by atomic mass is 9.95. The number of aromatic nitrogens is 3. The average molecular weight is 431 g/mol. The van der Waals surface area contributed by atoms with E-state index < -0.39 is 6.04 Å². The number of carbonyl (C=O) groups excluding carboxylic acids is 1. The largest absolute Gasteiger partial charge is 0.493 e. The van der Waals surface area contributed by atoms with E-state index >= 15 is 0 Å². The number of anilines is 1. The van der Waals surface area contributed by atoms with Gasteiger partial charge in [0.15, 0.2) is 0 Å². The summed E-state index contributed by atoms with van der Waals surface area (Å²) in [7, 11) is 0. The van der Waals surface area contributed by atoms with Gasteiger partial charge in [0.05, 0.1) is 18.8 Å². The number of hydrogen-bond donors (Lipinski definition) is 1. The summed E-state index contributed by atoms with van der Waals surface area (Å²) in [5, 5.41) is 8.59. The SMILES string of the molecule is CCCCOc1ccccc1C1C(C(=O)OCCC)=C(C)Nc2nc(SCC)nn21. The van der Waals surface area contributed by atoms with Crippen molar-refractivity contribution in [2.75, 3.05) is 24.3 Å². The van der Waals surface area contributed by atoms with E-state index in [1.807, 2.05) is 38.1 Å². The standard InChI is InChI=1S/C22H30N4O3S/c1-5-8-14-28-17-12-10-9-11-16(17)19-18(20(27)29-13-6-2)15(4)23-21-24-22(30-7-3)25-26(19)21/h9-12,19H,5-8,13-14H2,1-4H3,(H,23,24,25). The summed E-state index contributed by atoms with van der Waals surface area (Å²) in [5.74, 6) is 1.88. The number of ether oxygens (including phenoxy) is 2. The molecular weight excluding hydrogens is 400 g/mol. The quantitative estimate of drug-likeness (QED) is 0.329. The molecule has 0 bridgehead atoms. The van der Waals surface area contributed by atoms with Gasteiger partial charge in [-0.05, 0) is 31.6 Å². The van der Waals surface area contributed by atoms with Gasteiger partial charge in [0, 0.05) is 11.3 Å². The minimum Gasteiger partial charge on any atom is -0.493 e. The maximum Gasteiger partial charge on any atom is 0.338 e. The van der Waals surface area contributed by atoms with E-state index in [4.69, 9.17) is 14.6 Å². The molecule has 2 aromatic rings. The highest BCUT2D eigenvalue weighted by atomic mass is 32.2. The maximum atomic E-state index is 13.0. The molecule has 0 amide bonds. The number of unbranched alkanes of at least 4 members (excludes halogenated alkanes) is 1. The molecule has 1 N–H and O–H groups in total. The highest BCUT2D eigenvalue weighted by molar-refractivity contribution is 7.99. The summed E-state index contributed by atoms with van der Waals surface area (Å²) >= 11 is 1.56. The monoisotopic (exact) mass is 430 g/mol. The maximum absolute atomic E-state index is 13.0. The second-order valence-electron chi connectivity index (χ2n) is 7.04. The van der Waals surface area contributed by atoms with Crippen LogP contribution in [0.5, 0.6) is 5.75 Å². The number of nitrogens with one attached hydrogen (secondary N) is 1. The smallest absolute Gasteiger partial charge is 0.338 e. The fourth-order valence-electron chi connectivity index (χ4n) is 3.31. The lowest BCUT2D eigenvalue weighted by Crippen LogP contribution is -2.30. The van der Waals surface area contributed by atoms with Gasteiger partial charge in [-0.25, -0.2) is 9.48 Å². The second-order valence-corrected chi connectivity index (χ2v) is 8.27. The average Bonchev–Trinajstić information content (AvgIpc) is 3.14. The van der Waals surface area contributed by atoms with Crippen LogP contribution < -0.4 is 10.1 Å². The van der Waals surface area contributed by atoms with Gasteiger partial charge in [0.2, 0.25) is 11.1 Å². The molecule has 30 heavy (non-hydrogen) atoms. The third-order valence-corrected chi connectivity index (χ3v) is 5.45. The number of carbonyl (C=O) groups is 1. The van der Waals surface area contributed by atoms with Crippen molar-refractivity contribution in [1.29, 1.82) is 0 Å². The van der Waals surface area contributed by atoms with Crippen LogP contribution in [0.4, 0.5) is 5.95 Å². The van der Waals surface area contributed by atoms with Crippen LogP contribution >= 0.6 is 11.8 Å². The molecule has 0 fully saturated rings. The van der Waals surface area contributed by atoms with Gasteiger partial charge in [0.25, 0.3) is 0 Å². The third kappa shape index (κ3) is 4.80. The van der Waals surface area contributed by atoms with Crippen LogP contribution in [0.2, 0.25) is 0 Å². The van der Waals surface area contributed by atoms with Gasteiger partial charge in [-0.2, -0.15) is 4.98 Å². The van der Waals surface area contributed by atoms with Crippen LogP contribution in [-0.4, -0.2) is 39.7 Å².